The van der Waals surface area contributed by atoms with Gasteiger partial charge in [0.05, 0.1) is 14.2 Å². The van der Waals surface area contributed by atoms with E-state index >= 15 is 0 Å². The van der Waals surface area contributed by atoms with Crippen molar-refractivity contribution < 1.29 is 19.7 Å². The van der Waals surface area contributed by atoms with E-state index < -0.39 is 0 Å². The number of hydrogen-bond donors (Lipinski definition) is 3. The second-order valence-electron chi connectivity index (χ2n) is 5.29. The third kappa shape index (κ3) is 2.33. The summed E-state index contributed by atoms with van der Waals surface area (Å²) in [5.74, 6) is 1.65. The fraction of sp³-hybridized carbons (Fsp3) is 0.294. The van der Waals surface area contributed by atoms with E-state index in [2.05, 4.69) is 5.32 Å². The number of rotatable bonds is 3. The maximum absolute atomic E-state index is 10.2. The van der Waals surface area contributed by atoms with Crippen molar-refractivity contribution in [2.45, 2.75) is 12.5 Å². The molecule has 0 bridgehead atoms. The minimum atomic E-state index is -0.0596. The van der Waals surface area contributed by atoms with E-state index in [1.807, 2.05) is 18.2 Å². The molecule has 0 saturated heterocycles. The first-order valence-electron chi connectivity index (χ1n) is 7.12. The van der Waals surface area contributed by atoms with Crippen molar-refractivity contribution in [3.8, 4) is 23.0 Å². The summed E-state index contributed by atoms with van der Waals surface area (Å²) in [5.41, 5.74) is 2.50. The predicted octanol–water partition coefficient (Wildman–Crippen LogP) is 2.35. The lowest BCUT2D eigenvalue weighted by molar-refractivity contribution is 0.354. The van der Waals surface area contributed by atoms with Crippen molar-refractivity contribution in [1.82, 2.24) is 5.32 Å². The van der Waals surface area contributed by atoms with E-state index in [1.54, 1.807) is 14.2 Å². The molecule has 0 aliphatic carbocycles. The third-order valence-corrected chi connectivity index (χ3v) is 4.12. The number of hydrogen-bond acceptors (Lipinski definition) is 5. The fourth-order valence-corrected chi connectivity index (χ4v) is 3.01. The van der Waals surface area contributed by atoms with Crippen LogP contribution in [0.2, 0.25) is 0 Å². The van der Waals surface area contributed by atoms with Crippen LogP contribution in [0.15, 0.2) is 30.3 Å². The molecule has 0 amide bonds. The number of phenolic OH excluding ortho intramolecular Hbond substituents is 2. The van der Waals surface area contributed by atoms with Gasteiger partial charge < -0.3 is 25.0 Å². The average molecular weight is 301 g/mol. The second kappa shape index (κ2) is 5.77. The quantitative estimate of drug-likeness (QED) is 0.759. The Kier molecular flexibility index (Phi) is 3.81. The molecule has 5 heteroatoms. The van der Waals surface area contributed by atoms with Crippen LogP contribution < -0.4 is 14.8 Å². The molecular weight excluding hydrogens is 282 g/mol. The first kappa shape index (κ1) is 14.5. The summed E-state index contributed by atoms with van der Waals surface area (Å²) >= 11 is 0. The smallest absolute Gasteiger partial charge is 0.161 e. The summed E-state index contributed by atoms with van der Waals surface area (Å²) in [6, 6.07) is 8.76. The van der Waals surface area contributed by atoms with E-state index in [0.717, 1.165) is 16.7 Å². The van der Waals surface area contributed by atoms with Gasteiger partial charge in [0.2, 0.25) is 0 Å². The average Bonchev–Trinajstić information content (AvgIpc) is 2.57. The minimum absolute atomic E-state index is 0.0596. The molecule has 1 aliphatic rings. The topological polar surface area (TPSA) is 71.0 Å². The molecule has 1 atom stereocenters. The van der Waals surface area contributed by atoms with Crippen LogP contribution in [0, 0.1) is 0 Å². The molecule has 5 nitrogen and oxygen atoms in total. The number of methoxy groups -OCH3 is 2. The Hall–Kier alpha value is -2.40. The monoisotopic (exact) mass is 301 g/mol. The molecule has 3 N–H and O–H groups in total. The molecule has 1 aliphatic heterocycles. The molecule has 0 saturated carbocycles. The van der Waals surface area contributed by atoms with E-state index in [9.17, 15) is 10.2 Å². The zero-order valence-electron chi connectivity index (χ0n) is 12.6. The zero-order chi connectivity index (χ0) is 15.7. The van der Waals surface area contributed by atoms with Crippen molar-refractivity contribution in [2.75, 3.05) is 20.8 Å². The van der Waals surface area contributed by atoms with E-state index in [0.29, 0.717) is 24.6 Å². The van der Waals surface area contributed by atoms with Crippen LogP contribution in [0.4, 0.5) is 0 Å². The molecule has 0 fully saturated rings. The van der Waals surface area contributed by atoms with Gasteiger partial charge in [0, 0.05) is 30.1 Å². The third-order valence-electron chi connectivity index (χ3n) is 4.12. The Balaban J connectivity index is 2.10. The highest BCUT2D eigenvalue weighted by Crippen LogP contribution is 2.41. The standard InChI is InChI=1S/C17H19NO4/c1-21-15-6-3-10(7-16(15)22-2)11-8-18-9-12-13(19)4-5-14(20)17(11)12/h3-7,11,18-20H,8-9H2,1-2H3. The maximum atomic E-state index is 10.2. The summed E-state index contributed by atoms with van der Waals surface area (Å²) in [7, 11) is 3.19. The maximum Gasteiger partial charge on any atom is 0.161 e. The van der Waals surface area contributed by atoms with E-state index in [-0.39, 0.29) is 17.4 Å². The lowest BCUT2D eigenvalue weighted by atomic mass is 9.84. The lowest BCUT2D eigenvalue weighted by Gasteiger charge is -2.28. The molecule has 0 aromatic heterocycles. The van der Waals surface area contributed by atoms with Crippen molar-refractivity contribution in [3.05, 3.63) is 47.0 Å². The molecule has 116 valence electrons. The second-order valence-corrected chi connectivity index (χ2v) is 5.29. The van der Waals surface area contributed by atoms with Crippen LogP contribution in [-0.2, 0) is 6.54 Å². The molecular formula is C17H19NO4. The molecule has 3 rings (SSSR count). The van der Waals surface area contributed by atoms with Crippen LogP contribution in [0.1, 0.15) is 22.6 Å². The SMILES string of the molecule is COc1ccc(C2CNCc3c(O)ccc(O)c32)cc1OC. The van der Waals surface area contributed by atoms with E-state index in [4.69, 9.17) is 9.47 Å². The molecule has 2 aromatic rings. The van der Waals surface area contributed by atoms with Crippen molar-refractivity contribution in [2.24, 2.45) is 0 Å². The van der Waals surface area contributed by atoms with Gasteiger partial charge in [-0.25, -0.2) is 0 Å². The van der Waals surface area contributed by atoms with E-state index in [1.165, 1.54) is 12.1 Å². The minimum Gasteiger partial charge on any atom is -0.508 e. The van der Waals surface area contributed by atoms with Gasteiger partial charge in [0.25, 0.3) is 0 Å². The normalized spacial score (nSPS) is 16.9. The van der Waals surface area contributed by atoms with Gasteiger partial charge in [0.1, 0.15) is 11.5 Å². The molecule has 22 heavy (non-hydrogen) atoms. The summed E-state index contributed by atoms with van der Waals surface area (Å²) in [6.45, 7) is 1.22. The molecule has 0 spiro atoms. The Bertz CT molecular complexity index is 699. The van der Waals surface area contributed by atoms with Crippen LogP contribution in [0.3, 0.4) is 0 Å². The Morgan fingerprint density at radius 1 is 1.00 bits per heavy atom. The van der Waals surface area contributed by atoms with Crippen molar-refractivity contribution in [3.63, 3.8) is 0 Å². The van der Waals surface area contributed by atoms with Gasteiger partial charge >= 0.3 is 0 Å². The number of nitrogens with one attached hydrogen (secondary N) is 1. The summed E-state index contributed by atoms with van der Waals surface area (Å²) in [6.07, 6.45) is 0. The first-order chi connectivity index (χ1) is 10.7. The molecule has 1 unspecified atom stereocenters. The highest BCUT2D eigenvalue weighted by atomic mass is 16.5. The van der Waals surface area contributed by atoms with Crippen molar-refractivity contribution in [1.29, 1.82) is 0 Å². The Morgan fingerprint density at radius 3 is 2.45 bits per heavy atom. The summed E-state index contributed by atoms with van der Waals surface area (Å²) in [4.78, 5) is 0. The summed E-state index contributed by atoms with van der Waals surface area (Å²) < 4.78 is 10.6. The fourth-order valence-electron chi connectivity index (χ4n) is 3.01. The predicted molar refractivity (Wildman–Crippen MR) is 82.9 cm³/mol. The highest BCUT2D eigenvalue weighted by Gasteiger charge is 2.27. The van der Waals surface area contributed by atoms with Gasteiger partial charge in [0.15, 0.2) is 11.5 Å². The number of fused-ring (bicyclic) bond motifs is 1. The van der Waals surface area contributed by atoms with Gasteiger partial charge in [-0.1, -0.05) is 6.07 Å². The number of phenols is 2. The van der Waals surface area contributed by atoms with Crippen LogP contribution in [0.25, 0.3) is 0 Å². The molecule has 1 heterocycles. The summed E-state index contributed by atoms with van der Waals surface area (Å²) in [5, 5.41) is 23.6. The Labute approximate surface area is 129 Å². The highest BCUT2D eigenvalue weighted by molar-refractivity contribution is 5.55. The number of ether oxygens (including phenoxy) is 2. The number of aromatic hydroxyl groups is 2. The van der Waals surface area contributed by atoms with Crippen LogP contribution in [0.5, 0.6) is 23.0 Å². The largest absolute Gasteiger partial charge is 0.508 e. The molecule has 2 aromatic carbocycles. The lowest BCUT2D eigenvalue weighted by Crippen LogP contribution is -2.29. The van der Waals surface area contributed by atoms with Gasteiger partial charge in [-0.2, -0.15) is 0 Å². The Morgan fingerprint density at radius 2 is 1.73 bits per heavy atom. The van der Waals surface area contributed by atoms with Crippen LogP contribution >= 0.6 is 0 Å². The van der Waals surface area contributed by atoms with Gasteiger partial charge in [-0.05, 0) is 29.8 Å². The van der Waals surface area contributed by atoms with Crippen molar-refractivity contribution >= 4 is 0 Å². The van der Waals surface area contributed by atoms with Gasteiger partial charge in [-0.15, -0.1) is 0 Å². The molecule has 0 radical (unpaired) electrons. The van der Waals surface area contributed by atoms with Crippen LogP contribution in [-0.4, -0.2) is 31.0 Å². The first-order valence-corrected chi connectivity index (χ1v) is 7.12. The van der Waals surface area contributed by atoms with Gasteiger partial charge in [-0.3, -0.25) is 0 Å². The zero-order valence-corrected chi connectivity index (χ0v) is 12.6. The number of benzene rings is 2.